The van der Waals surface area contributed by atoms with Gasteiger partial charge in [-0.05, 0) is 48.5 Å². The van der Waals surface area contributed by atoms with Gasteiger partial charge in [-0.3, -0.25) is 4.79 Å². The molecule has 0 saturated carbocycles. The van der Waals surface area contributed by atoms with Crippen LogP contribution in [0.4, 0.5) is 0 Å². The molecule has 0 spiro atoms. The molecule has 4 heterocycles. The highest BCUT2D eigenvalue weighted by atomic mass is 16.5. The van der Waals surface area contributed by atoms with E-state index in [9.17, 15) is 4.79 Å². The van der Waals surface area contributed by atoms with Gasteiger partial charge in [0.05, 0.1) is 24.9 Å². The number of hydrogen-bond acceptors (Lipinski definition) is 6. The quantitative estimate of drug-likeness (QED) is 0.396. The fraction of sp³-hybridized carbons (Fsp3) is 0.227. The van der Waals surface area contributed by atoms with Gasteiger partial charge < -0.3 is 22.4 Å². The summed E-state index contributed by atoms with van der Waals surface area (Å²) < 4.78 is 27.9. The predicted octanol–water partition coefficient (Wildman–Crippen LogP) is 5.09. The van der Waals surface area contributed by atoms with Crippen molar-refractivity contribution < 1.29 is 27.2 Å². The Morgan fingerprint density at radius 1 is 0.857 bits per heavy atom. The van der Waals surface area contributed by atoms with Gasteiger partial charge in [0.2, 0.25) is 0 Å². The summed E-state index contributed by atoms with van der Waals surface area (Å²) in [5.74, 6) is 4.03. The third-order valence-electron chi connectivity index (χ3n) is 4.38. The predicted molar refractivity (Wildman–Crippen MR) is 98.7 cm³/mol. The maximum atomic E-state index is 11.0. The molecule has 4 aromatic rings. The van der Waals surface area contributed by atoms with E-state index in [2.05, 4.69) is 0 Å². The topological polar surface area (TPSA) is 78.9 Å². The van der Waals surface area contributed by atoms with Gasteiger partial charge in [0, 0.05) is 13.3 Å². The van der Waals surface area contributed by atoms with Crippen molar-refractivity contribution in [2.24, 2.45) is 0 Å². The normalized spacial score (nSPS) is 12.2. The van der Waals surface area contributed by atoms with Crippen LogP contribution < -0.4 is 0 Å². The van der Waals surface area contributed by atoms with E-state index in [1.165, 1.54) is 6.92 Å². The maximum absolute atomic E-state index is 11.0. The minimum Gasteiger partial charge on any atom is -0.469 e. The molecule has 144 valence electrons. The van der Waals surface area contributed by atoms with Crippen LogP contribution in [0.2, 0.25) is 0 Å². The van der Waals surface area contributed by atoms with E-state index >= 15 is 0 Å². The van der Waals surface area contributed by atoms with Crippen molar-refractivity contribution in [2.75, 3.05) is 0 Å². The second-order valence-corrected chi connectivity index (χ2v) is 6.48. The van der Waals surface area contributed by atoms with E-state index in [-0.39, 0.29) is 18.5 Å². The first-order valence-corrected chi connectivity index (χ1v) is 9.02. The fourth-order valence-electron chi connectivity index (χ4n) is 3.07. The fourth-order valence-corrected chi connectivity index (χ4v) is 3.07. The summed E-state index contributed by atoms with van der Waals surface area (Å²) in [7, 11) is 0. The monoisotopic (exact) mass is 380 g/mol. The molecule has 28 heavy (non-hydrogen) atoms. The van der Waals surface area contributed by atoms with Crippen LogP contribution in [0.25, 0.3) is 0 Å². The van der Waals surface area contributed by atoms with Crippen molar-refractivity contribution in [3.8, 4) is 0 Å². The molecule has 1 unspecified atom stereocenters. The number of furan rings is 4. The highest BCUT2D eigenvalue weighted by Crippen LogP contribution is 2.32. The summed E-state index contributed by atoms with van der Waals surface area (Å²) in [6.45, 7) is 1.47. The van der Waals surface area contributed by atoms with Crippen LogP contribution in [0, 0.1) is 0 Å². The van der Waals surface area contributed by atoms with E-state index in [1.54, 1.807) is 18.6 Å². The Morgan fingerprint density at radius 2 is 1.50 bits per heavy atom. The zero-order chi connectivity index (χ0) is 19.3. The van der Waals surface area contributed by atoms with Crippen molar-refractivity contribution >= 4 is 5.97 Å². The molecule has 0 aliphatic heterocycles. The van der Waals surface area contributed by atoms with Crippen LogP contribution in [0.3, 0.4) is 0 Å². The molecule has 0 radical (unpaired) electrons. The summed E-state index contributed by atoms with van der Waals surface area (Å²) in [6.07, 6.45) is 4.45. The van der Waals surface area contributed by atoms with Crippen LogP contribution in [0.1, 0.15) is 47.4 Å². The molecule has 0 saturated heterocycles. The summed E-state index contributed by atoms with van der Waals surface area (Å²) in [4.78, 5) is 11.0. The Morgan fingerprint density at radius 3 is 2.14 bits per heavy atom. The number of rotatable bonds is 8. The van der Waals surface area contributed by atoms with Crippen molar-refractivity contribution in [3.63, 3.8) is 0 Å². The molecule has 6 heteroatoms. The Bertz CT molecular complexity index is 1000. The molecule has 0 N–H and O–H groups in total. The number of ether oxygens (including phenoxy) is 1. The minimum absolute atomic E-state index is 0.102. The second kappa shape index (κ2) is 8.08. The lowest BCUT2D eigenvalue weighted by molar-refractivity contribution is -0.142. The molecular weight excluding hydrogens is 360 g/mol. The van der Waals surface area contributed by atoms with Gasteiger partial charge >= 0.3 is 5.97 Å². The standard InChI is InChI=1S/C22H20O6/c1-15(23)26-14-19-7-9-22(28-19)20(13-17-5-3-11-25-17)21-8-6-18(27-21)12-16-4-2-10-24-16/h2-11,20H,12-14H2,1H3. The number of hydrogen-bond donors (Lipinski definition) is 0. The molecule has 1 atom stereocenters. The lowest BCUT2D eigenvalue weighted by Crippen LogP contribution is -2.03. The van der Waals surface area contributed by atoms with E-state index in [1.807, 2.05) is 42.5 Å². The van der Waals surface area contributed by atoms with Gasteiger partial charge in [0.15, 0.2) is 0 Å². The lowest BCUT2D eigenvalue weighted by Gasteiger charge is -2.11. The van der Waals surface area contributed by atoms with Crippen molar-refractivity contribution in [1.29, 1.82) is 0 Å². The molecule has 0 aromatic carbocycles. The van der Waals surface area contributed by atoms with Gasteiger partial charge in [-0.2, -0.15) is 0 Å². The number of carbonyl (C=O) groups excluding carboxylic acids is 1. The zero-order valence-corrected chi connectivity index (χ0v) is 15.4. The Kier molecular flexibility index (Phi) is 5.19. The number of esters is 1. The van der Waals surface area contributed by atoms with Crippen molar-refractivity contribution in [2.45, 2.75) is 32.3 Å². The smallest absolute Gasteiger partial charge is 0.303 e. The second-order valence-electron chi connectivity index (χ2n) is 6.48. The van der Waals surface area contributed by atoms with E-state index in [0.29, 0.717) is 18.6 Å². The molecule has 4 rings (SSSR count). The summed E-state index contributed by atoms with van der Waals surface area (Å²) in [6, 6.07) is 15.1. The maximum Gasteiger partial charge on any atom is 0.303 e. The zero-order valence-electron chi connectivity index (χ0n) is 15.4. The van der Waals surface area contributed by atoms with E-state index < -0.39 is 0 Å². The first-order valence-electron chi connectivity index (χ1n) is 9.02. The molecule has 6 nitrogen and oxygen atoms in total. The van der Waals surface area contributed by atoms with Gasteiger partial charge in [-0.1, -0.05) is 0 Å². The third kappa shape index (κ3) is 4.28. The Balaban J connectivity index is 1.57. The van der Waals surface area contributed by atoms with Crippen LogP contribution in [-0.2, 0) is 29.0 Å². The highest BCUT2D eigenvalue weighted by Gasteiger charge is 2.24. The first kappa shape index (κ1) is 18.0. The summed E-state index contributed by atoms with van der Waals surface area (Å²) in [5, 5.41) is 0. The van der Waals surface area contributed by atoms with Crippen LogP contribution in [0.15, 0.2) is 78.7 Å². The molecule has 0 aliphatic rings. The van der Waals surface area contributed by atoms with Crippen molar-refractivity contribution in [1.82, 2.24) is 0 Å². The first-order chi connectivity index (χ1) is 13.7. The largest absolute Gasteiger partial charge is 0.469 e. The van der Waals surface area contributed by atoms with Gasteiger partial charge in [0.1, 0.15) is 41.2 Å². The van der Waals surface area contributed by atoms with Crippen LogP contribution in [-0.4, -0.2) is 5.97 Å². The lowest BCUT2D eigenvalue weighted by atomic mass is 9.98. The van der Waals surface area contributed by atoms with E-state index in [4.69, 9.17) is 22.4 Å². The molecule has 4 aromatic heterocycles. The molecule has 0 fully saturated rings. The average molecular weight is 380 g/mol. The number of carbonyl (C=O) groups is 1. The Labute approximate surface area is 161 Å². The SMILES string of the molecule is CC(=O)OCc1ccc(C(Cc2ccco2)c2ccc(Cc3ccco3)o2)o1. The van der Waals surface area contributed by atoms with Gasteiger partial charge in [-0.15, -0.1) is 0 Å². The molecule has 0 aliphatic carbocycles. The van der Waals surface area contributed by atoms with E-state index in [0.717, 1.165) is 28.8 Å². The molecule has 0 amide bonds. The molecule has 0 bridgehead atoms. The average Bonchev–Trinajstić information content (AvgIpc) is 3.46. The van der Waals surface area contributed by atoms with Crippen LogP contribution in [0.5, 0.6) is 0 Å². The van der Waals surface area contributed by atoms with Gasteiger partial charge in [0.25, 0.3) is 0 Å². The third-order valence-corrected chi connectivity index (χ3v) is 4.38. The Hall–Kier alpha value is -3.41. The molecular formula is C22H20O6. The summed E-state index contributed by atoms with van der Waals surface area (Å²) in [5.41, 5.74) is 0. The van der Waals surface area contributed by atoms with Crippen LogP contribution >= 0.6 is 0 Å². The minimum atomic E-state index is -0.348. The summed E-state index contributed by atoms with van der Waals surface area (Å²) >= 11 is 0. The highest BCUT2D eigenvalue weighted by molar-refractivity contribution is 5.65. The van der Waals surface area contributed by atoms with Crippen molar-refractivity contribution in [3.05, 3.63) is 95.6 Å². The van der Waals surface area contributed by atoms with Gasteiger partial charge in [-0.25, -0.2) is 0 Å².